The lowest BCUT2D eigenvalue weighted by molar-refractivity contribution is -0.137. The molecule has 0 spiro atoms. The fourth-order valence-corrected chi connectivity index (χ4v) is 8.05. The van der Waals surface area contributed by atoms with E-state index >= 15 is 0 Å². The number of benzene rings is 2. The van der Waals surface area contributed by atoms with Crippen LogP contribution < -0.4 is 0 Å². The van der Waals surface area contributed by atoms with Crippen molar-refractivity contribution in [1.82, 2.24) is 4.31 Å². The zero-order chi connectivity index (χ0) is 32.5. The molecule has 6 nitrogen and oxygen atoms in total. The maximum atomic E-state index is 14.1. The molecule has 4 atom stereocenters. The summed E-state index contributed by atoms with van der Waals surface area (Å²) in [5.41, 5.74) is -0.640. The van der Waals surface area contributed by atoms with Gasteiger partial charge in [-0.05, 0) is 93.5 Å². The van der Waals surface area contributed by atoms with Crippen LogP contribution in [-0.2, 0) is 22.6 Å². The molecule has 1 saturated carbocycles. The smallest absolute Gasteiger partial charge is 0.393 e. The Morgan fingerprint density at radius 2 is 1.84 bits per heavy atom. The van der Waals surface area contributed by atoms with E-state index in [1.807, 2.05) is 32.9 Å². The number of fused-ring (bicyclic) bond motifs is 8. The monoisotopic (exact) mass is 635 g/mol. The van der Waals surface area contributed by atoms with Crippen LogP contribution in [0.1, 0.15) is 104 Å². The van der Waals surface area contributed by atoms with Crippen molar-refractivity contribution in [2.75, 3.05) is 19.3 Å². The number of aliphatic hydroxyl groups is 2. The fraction of sp³-hybridized carbons (Fsp3) is 0.559. The number of hydrogen-bond donors (Lipinski definition) is 2. The highest BCUT2D eigenvalue weighted by atomic mass is 32.2. The third kappa shape index (κ3) is 7.30. The number of nitrogens with zero attached hydrogens (tertiary/aromatic N) is 1. The van der Waals surface area contributed by atoms with Gasteiger partial charge in [-0.25, -0.2) is 8.42 Å². The van der Waals surface area contributed by atoms with E-state index < -0.39 is 44.7 Å². The zero-order valence-electron chi connectivity index (χ0n) is 26.0. The summed E-state index contributed by atoms with van der Waals surface area (Å²) in [7, 11) is -3.61. The van der Waals surface area contributed by atoms with Gasteiger partial charge in [-0.3, -0.25) is 4.79 Å². The van der Waals surface area contributed by atoms with Crippen LogP contribution in [0, 0.1) is 5.41 Å². The predicted molar refractivity (Wildman–Crippen MR) is 165 cm³/mol. The Kier molecular flexibility index (Phi) is 10.2. The molecule has 2 bridgehead atoms. The lowest BCUT2D eigenvalue weighted by atomic mass is 9.64. The molecule has 3 aliphatic carbocycles. The largest absolute Gasteiger partial charge is 0.416 e. The Morgan fingerprint density at radius 3 is 2.50 bits per heavy atom. The van der Waals surface area contributed by atoms with Gasteiger partial charge in [-0.15, -0.1) is 0 Å². The van der Waals surface area contributed by atoms with E-state index in [4.69, 9.17) is 0 Å². The Labute approximate surface area is 259 Å². The Hall–Kier alpha value is -2.53. The van der Waals surface area contributed by atoms with E-state index in [0.717, 1.165) is 24.0 Å². The number of aliphatic hydroxyl groups excluding tert-OH is 1. The molecule has 2 N–H and O–H groups in total. The fourth-order valence-electron chi connectivity index (χ4n) is 7.09. The Bertz CT molecular complexity index is 1500. The Morgan fingerprint density at radius 1 is 1.11 bits per heavy atom. The topological polar surface area (TPSA) is 94.9 Å². The molecule has 2 aromatic carbocycles. The number of allylic oxidation sites excluding steroid dienone is 2. The molecule has 4 unspecified atom stereocenters. The van der Waals surface area contributed by atoms with Gasteiger partial charge >= 0.3 is 6.18 Å². The first-order valence-electron chi connectivity index (χ1n) is 15.3. The molecule has 44 heavy (non-hydrogen) atoms. The van der Waals surface area contributed by atoms with Crippen LogP contribution in [0.3, 0.4) is 0 Å². The number of halogens is 3. The Balaban J connectivity index is 1.88. The number of ketones is 1. The average molecular weight is 636 g/mol. The lowest BCUT2D eigenvalue weighted by Crippen LogP contribution is -2.53. The summed E-state index contributed by atoms with van der Waals surface area (Å²) in [5.74, 6) is -0.942. The summed E-state index contributed by atoms with van der Waals surface area (Å²) < 4.78 is 67.5. The number of carbonyl (C=O) groups excluding carboxylic acids is 1. The number of sulfonamides is 1. The van der Waals surface area contributed by atoms with Crippen LogP contribution in [0.25, 0.3) is 0 Å². The van der Waals surface area contributed by atoms with Gasteiger partial charge in [0.25, 0.3) is 0 Å². The molecule has 0 heterocycles. The zero-order valence-corrected chi connectivity index (χ0v) is 26.8. The molecule has 5 rings (SSSR count). The van der Waals surface area contributed by atoms with Crippen LogP contribution >= 0.6 is 0 Å². The summed E-state index contributed by atoms with van der Waals surface area (Å²) in [6.07, 6.45) is 1.83. The maximum Gasteiger partial charge on any atom is 0.416 e. The number of carbonyl (C=O) groups is 1. The molecule has 0 aliphatic heterocycles. The molecule has 10 heteroatoms. The molecule has 3 aliphatic rings. The number of alkyl halides is 3. The van der Waals surface area contributed by atoms with E-state index in [9.17, 15) is 36.6 Å². The van der Waals surface area contributed by atoms with Gasteiger partial charge in [-0.2, -0.15) is 17.5 Å². The summed E-state index contributed by atoms with van der Waals surface area (Å²) in [6, 6.07) is 9.70. The van der Waals surface area contributed by atoms with E-state index in [1.165, 1.54) is 16.4 Å². The van der Waals surface area contributed by atoms with Crippen LogP contribution in [0.5, 0.6) is 0 Å². The molecule has 1 fully saturated rings. The van der Waals surface area contributed by atoms with Gasteiger partial charge < -0.3 is 10.2 Å². The van der Waals surface area contributed by atoms with Gasteiger partial charge in [0.05, 0.1) is 23.5 Å². The summed E-state index contributed by atoms with van der Waals surface area (Å²) in [5, 5.41) is 23.1. The first-order valence-corrected chi connectivity index (χ1v) is 17.2. The molecular weight excluding hydrogens is 591 g/mol. The molecule has 0 saturated heterocycles. The van der Waals surface area contributed by atoms with Crippen molar-refractivity contribution in [3.05, 3.63) is 81.9 Å². The second-order valence-electron chi connectivity index (χ2n) is 13.0. The minimum absolute atomic E-state index is 0.0868. The summed E-state index contributed by atoms with van der Waals surface area (Å²) in [4.78, 5) is 14.1. The SMILES string of the molecule is CCCN(CC1(O)CCC2c3ccc(cc3C(=O)c3cccc(C(F)(F)F)c3)CC(O)CCC(C)=CCCC21C)S(C)(=O)=O. The van der Waals surface area contributed by atoms with E-state index in [2.05, 4.69) is 6.08 Å². The van der Waals surface area contributed by atoms with Crippen molar-refractivity contribution in [3.63, 3.8) is 0 Å². The van der Waals surface area contributed by atoms with E-state index in [1.54, 1.807) is 6.07 Å². The highest BCUT2D eigenvalue weighted by Crippen LogP contribution is 2.59. The summed E-state index contributed by atoms with van der Waals surface area (Å²) >= 11 is 0. The van der Waals surface area contributed by atoms with Gasteiger partial charge in [0.1, 0.15) is 0 Å². The van der Waals surface area contributed by atoms with Crippen LogP contribution in [-0.4, -0.2) is 59.8 Å². The summed E-state index contributed by atoms with van der Waals surface area (Å²) in [6.45, 7) is 6.00. The first kappa shape index (κ1) is 34.3. The van der Waals surface area contributed by atoms with Crippen molar-refractivity contribution < 1.29 is 36.6 Å². The van der Waals surface area contributed by atoms with Crippen molar-refractivity contribution >= 4 is 15.8 Å². The van der Waals surface area contributed by atoms with E-state index in [-0.39, 0.29) is 36.6 Å². The minimum atomic E-state index is -4.62. The minimum Gasteiger partial charge on any atom is -0.393 e. The van der Waals surface area contributed by atoms with E-state index in [0.29, 0.717) is 56.1 Å². The molecule has 242 valence electrons. The second kappa shape index (κ2) is 13.1. The normalized spacial score (nSPS) is 26.7. The van der Waals surface area contributed by atoms with Gasteiger partial charge in [-0.1, -0.05) is 49.8 Å². The van der Waals surface area contributed by atoms with Crippen LogP contribution in [0.4, 0.5) is 13.2 Å². The van der Waals surface area contributed by atoms with Crippen molar-refractivity contribution in [1.29, 1.82) is 0 Å². The first-order chi connectivity index (χ1) is 20.5. The van der Waals surface area contributed by atoms with Crippen molar-refractivity contribution in [3.8, 4) is 0 Å². The van der Waals surface area contributed by atoms with Gasteiger partial charge in [0, 0.05) is 29.6 Å². The lowest BCUT2D eigenvalue weighted by Gasteiger charge is -2.45. The van der Waals surface area contributed by atoms with Gasteiger partial charge in [0.15, 0.2) is 5.78 Å². The standard InChI is InChI=1S/C34H44F3NO5S/c1-5-18-38(44(4,42)43)22-33(41)17-15-30-28-14-12-24(19-27(39)13-11-23(2)8-7-16-32(30,33)3)20-29(28)31(40)25-9-6-10-26(21-25)34(35,36)37/h6,8-10,12,14,20-21,27,30,39,41H,5,7,11,13,15-19,22H2,1-4H3. The van der Waals surface area contributed by atoms with Crippen LogP contribution in [0.15, 0.2) is 54.1 Å². The molecule has 0 amide bonds. The highest BCUT2D eigenvalue weighted by Gasteiger charge is 2.57. The van der Waals surface area contributed by atoms with Crippen LogP contribution in [0.2, 0.25) is 0 Å². The van der Waals surface area contributed by atoms with Gasteiger partial charge in [0.2, 0.25) is 10.0 Å². The maximum absolute atomic E-state index is 14.1. The third-order valence-corrected chi connectivity index (χ3v) is 11.0. The van der Waals surface area contributed by atoms with Crippen molar-refractivity contribution in [2.45, 2.75) is 95.9 Å². The molecular formula is C34H44F3NO5S. The molecule has 2 aromatic rings. The average Bonchev–Trinajstić information content (AvgIpc) is 3.19. The molecule has 0 aromatic heterocycles. The second-order valence-corrected chi connectivity index (χ2v) is 14.9. The van der Waals surface area contributed by atoms with Crippen molar-refractivity contribution in [2.24, 2.45) is 5.41 Å². The quantitative estimate of drug-likeness (QED) is 0.263. The number of rotatable bonds is 7. The highest BCUT2D eigenvalue weighted by molar-refractivity contribution is 7.88. The molecule has 0 radical (unpaired) electrons. The predicted octanol–water partition coefficient (Wildman–Crippen LogP) is 6.65. The third-order valence-electron chi connectivity index (χ3n) is 9.75. The number of hydrogen-bond acceptors (Lipinski definition) is 5.